The van der Waals surface area contributed by atoms with Crippen molar-refractivity contribution in [1.82, 2.24) is 9.88 Å². The molecule has 0 spiro atoms. The number of nitrogens with one attached hydrogen (secondary N) is 1. The first kappa shape index (κ1) is 18.5. The van der Waals surface area contributed by atoms with Gasteiger partial charge >= 0.3 is 0 Å². The Labute approximate surface area is 166 Å². The molecule has 3 aromatic rings. The van der Waals surface area contributed by atoms with Gasteiger partial charge in [0.15, 0.2) is 0 Å². The van der Waals surface area contributed by atoms with E-state index in [-0.39, 0.29) is 11.9 Å². The summed E-state index contributed by atoms with van der Waals surface area (Å²) >= 11 is 0. The fourth-order valence-electron chi connectivity index (χ4n) is 4.01. The number of anilines is 1. The first-order chi connectivity index (χ1) is 13.8. The lowest BCUT2D eigenvalue weighted by Gasteiger charge is -2.38. The van der Waals surface area contributed by atoms with Gasteiger partial charge in [-0.2, -0.15) is 0 Å². The van der Waals surface area contributed by atoms with Crippen molar-refractivity contribution in [3.8, 4) is 0 Å². The molecule has 1 aliphatic rings. The summed E-state index contributed by atoms with van der Waals surface area (Å²) < 4.78 is 0. The van der Waals surface area contributed by atoms with E-state index in [1.807, 2.05) is 47.5 Å². The number of rotatable bonds is 6. The average Bonchev–Trinajstić information content (AvgIpc) is 3.30. The number of piperidine rings is 1. The molecule has 0 unspecified atom stereocenters. The molecule has 4 rings (SSSR count). The van der Waals surface area contributed by atoms with Crippen molar-refractivity contribution in [2.45, 2.75) is 25.3 Å². The number of carbonyl (C=O) groups excluding carboxylic acids is 1. The number of amides is 1. The summed E-state index contributed by atoms with van der Waals surface area (Å²) in [5.74, 6) is 0.0789. The normalized spacial score (nSPS) is 15.4. The number of carbonyl (C=O) groups is 1. The SMILES string of the molecule is O=C(c1cc[nH]c1)N(c1ccccc1)C1CCN(CCc2ccccc2)CC1. The summed E-state index contributed by atoms with van der Waals surface area (Å²) in [6, 6.07) is 22.8. The van der Waals surface area contributed by atoms with Crippen LogP contribution in [0.2, 0.25) is 0 Å². The van der Waals surface area contributed by atoms with Gasteiger partial charge in [0.2, 0.25) is 0 Å². The lowest BCUT2D eigenvalue weighted by molar-refractivity contribution is 0.0960. The van der Waals surface area contributed by atoms with Crippen LogP contribution in [-0.2, 0) is 6.42 Å². The summed E-state index contributed by atoms with van der Waals surface area (Å²) in [7, 11) is 0. The molecule has 1 aromatic heterocycles. The van der Waals surface area contributed by atoms with Gasteiger partial charge < -0.3 is 14.8 Å². The molecular weight excluding hydrogens is 346 g/mol. The minimum absolute atomic E-state index is 0.0789. The predicted molar refractivity (Wildman–Crippen MR) is 114 cm³/mol. The second kappa shape index (κ2) is 8.89. The van der Waals surface area contributed by atoms with E-state index in [9.17, 15) is 4.79 Å². The molecule has 28 heavy (non-hydrogen) atoms. The van der Waals surface area contributed by atoms with Crippen LogP contribution in [0.4, 0.5) is 5.69 Å². The Hall–Kier alpha value is -2.85. The van der Waals surface area contributed by atoms with Crippen LogP contribution in [0.25, 0.3) is 0 Å². The monoisotopic (exact) mass is 373 g/mol. The summed E-state index contributed by atoms with van der Waals surface area (Å²) in [6.45, 7) is 3.14. The van der Waals surface area contributed by atoms with Crippen molar-refractivity contribution >= 4 is 11.6 Å². The Morgan fingerprint density at radius 1 is 0.964 bits per heavy atom. The highest BCUT2D eigenvalue weighted by atomic mass is 16.2. The zero-order valence-electron chi connectivity index (χ0n) is 16.1. The van der Waals surface area contributed by atoms with E-state index in [1.165, 1.54) is 5.56 Å². The van der Waals surface area contributed by atoms with Gasteiger partial charge in [-0.15, -0.1) is 0 Å². The number of H-pyrrole nitrogens is 1. The van der Waals surface area contributed by atoms with Crippen LogP contribution in [0.1, 0.15) is 28.8 Å². The number of aromatic amines is 1. The van der Waals surface area contributed by atoms with Crippen LogP contribution in [0.15, 0.2) is 79.1 Å². The van der Waals surface area contributed by atoms with E-state index in [0.29, 0.717) is 0 Å². The molecular formula is C24H27N3O. The van der Waals surface area contributed by atoms with Gasteiger partial charge in [-0.1, -0.05) is 48.5 Å². The van der Waals surface area contributed by atoms with E-state index < -0.39 is 0 Å². The molecule has 0 atom stereocenters. The van der Waals surface area contributed by atoms with Gasteiger partial charge in [-0.3, -0.25) is 4.79 Å². The largest absolute Gasteiger partial charge is 0.367 e. The number of hydrogen-bond donors (Lipinski definition) is 1. The highest BCUT2D eigenvalue weighted by Crippen LogP contribution is 2.26. The highest BCUT2D eigenvalue weighted by molar-refractivity contribution is 6.06. The quantitative estimate of drug-likeness (QED) is 0.697. The Bertz CT molecular complexity index is 853. The second-order valence-corrected chi connectivity index (χ2v) is 7.42. The second-order valence-electron chi connectivity index (χ2n) is 7.42. The Kier molecular flexibility index (Phi) is 5.88. The third kappa shape index (κ3) is 4.34. The van der Waals surface area contributed by atoms with E-state index in [2.05, 4.69) is 40.2 Å². The molecule has 144 valence electrons. The molecule has 2 heterocycles. The van der Waals surface area contributed by atoms with Crippen LogP contribution in [0.5, 0.6) is 0 Å². The lowest BCUT2D eigenvalue weighted by atomic mass is 10.0. The summed E-state index contributed by atoms with van der Waals surface area (Å²) in [5.41, 5.74) is 3.09. The zero-order valence-corrected chi connectivity index (χ0v) is 16.1. The van der Waals surface area contributed by atoms with E-state index in [1.54, 1.807) is 6.20 Å². The molecule has 1 aliphatic heterocycles. The Morgan fingerprint density at radius 3 is 2.29 bits per heavy atom. The van der Waals surface area contributed by atoms with Crippen LogP contribution in [0.3, 0.4) is 0 Å². The van der Waals surface area contributed by atoms with E-state index in [4.69, 9.17) is 0 Å². The van der Waals surface area contributed by atoms with Gasteiger partial charge in [-0.25, -0.2) is 0 Å². The third-order valence-corrected chi connectivity index (χ3v) is 5.58. The fourth-order valence-corrected chi connectivity index (χ4v) is 4.01. The maximum Gasteiger partial charge on any atom is 0.260 e. The smallest absolute Gasteiger partial charge is 0.260 e. The number of benzene rings is 2. The van der Waals surface area contributed by atoms with Gasteiger partial charge in [-0.05, 0) is 43.0 Å². The first-order valence-corrected chi connectivity index (χ1v) is 10.1. The predicted octanol–water partition coefficient (Wildman–Crippen LogP) is 4.37. The molecule has 4 heteroatoms. The number of likely N-dealkylation sites (tertiary alicyclic amines) is 1. The zero-order chi connectivity index (χ0) is 19.2. The average molecular weight is 374 g/mol. The molecule has 2 aromatic carbocycles. The lowest BCUT2D eigenvalue weighted by Crippen LogP contribution is -2.48. The van der Waals surface area contributed by atoms with Crippen molar-refractivity contribution in [2.75, 3.05) is 24.5 Å². The standard InChI is InChI=1S/C24H27N3O/c28-24(21-11-15-25-19-21)27(22-9-5-2-6-10-22)23-13-17-26(18-14-23)16-12-20-7-3-1-4-8-20/h1-11,15,19,23,25H,12-14,16-18H2. The molecule has 0 bridgehead atoms. The highest BCUT2D eigenvalue weighted by Gasteiger charge is 2.29. The molecule has 4 nitrogen and oxygen atoms in total. The Morgan fingerprint density at radius 2 is 1.64 bits per heavy atom. The summed E-state index contributed by atoms with van der Waals surface area (Å²) in [6.07, 6.45) is 6.67. The van der Waals surface area contributed by atoms with Crippen molar-refractivity contribution in [1.29, 1.82) is 0 Å². The van der Waals surface area contributed by atoms with Gasteiger partial charge in [0.05, 0.1) is 5.56 Å². The van der Waals surface area contributed by atoms with Crippen molar-refractivity contribution in [3.05, 3.63) is 90.3 Å². The molecule has 1 amide bonds. The minimum Gasteiger partial charge on any atom is -0.367 e. The van der Waals surface area contributed by atoms with Gasteiger partial charge in [0, 0.05) is 43.8 Å². The molecule has 1 saturated heterocycles. The fraction of sp³-hybridized carbons (Fsp3) is 0.292. The summed E-state index contributed by atoms with van der Waals surface area (Å²) in [5, 5.41) is 0. The van der Waals surface area contributed by atoms with Crippen LogP contribution >= 0.6 is 0 Å². The number of para-hydroxylation sites is 1. The summed E-state index contributed by atoms with van der Waals surface area (Å²) in [4.78, 5) is 20.7. The van der Waals surface area contributed by atoms with Crippen molar-refractivity contribution in [2.24, 2.45) is 0 Å². The maximum absolute atomic E-state index is 13.2. The molecule has 0 aliphatic carbocycles. The van der Waals surface area contributed by atoms with Crippen LogP contribution in [0, 0.1) is 0 Å². The van der Waals surface area contributed by atoms with Crippen LogP contribution < -0.4 is 4.90 Å². The topological polar surface area (TPSA) is 39.3 Å². The minimum atomic E-state index is 0.0789. The number of aromatic nitrogens is 1. The molecule has 1 fully saturated rings. The van der Waals surface area contributed by atoms with E-state index >= 15 is 0 Å². The van der Waals surface area contributed by atoms with Crippen LogP contribution in [-0.4, -0.2) is 41.5 Å². The molecule has 0 saturated carbocycles. The molecule has 0 radical (unpaired) electrons. The first-order valence-electron chi connectivity index (χ1n) is 10.1. The van der Waals surface area contributed by atoms with Crippen molar-refractivity contribution < 1.29 is 4.79 Å². The maximum atomic E-state index is 13.2. The number of hydrogen-bond acceptors (Lipinski definition) is 2. The number of nitrogens with zero attached hydrogens (tertiary/aromatic N) is 2. The van der Waals surface area contributed by atoms with Crippen molar-refractivity contribution in [3.63, 3.8) is 0 Å². The Balaban J connectivity index is 1.42. The van der Waals surface area contributed by atoms with E-state index in [0.717, 1.165) is 50.1 Å². The third-order valence-electron chi connectivity index (χ3n) is 5.58. The van der Waals surface area contributed by atoms with Gasteiger partial charge in [0.1, 0.15) is 0 Å². The van der Waals surface area contributed by atoms with Gasteiger partial charge in [0.25, 0.3) is 5.91 Å². The molecule has 1 N–H and O–H groups in total.